The molecule has 4 heteroatoms. The van der Waals surface area contributed by atoms with E-state index in [0.29, 0.717) is 5.56 Å². The molecule has 0 spiro atoms. The minimum atomic E-state index is 0.623. The van der Waals surface area contributed by atoms with Crippen LogP contribution in [-0.4, -0.2) is 13.7 Å². The zero-order valence-electron chi connectivity index (χ0n) is 28.6. The smallest absolute Gasteiger partial charge is 0.0992 e. The predicted octanol–water partition coefficient (Wildman–Crippen LogP) is 12.5. The van der Waals surface area contributed by atoms with E-state index in [1.54, 1.807) is 0 Å². The van der Waals surface area contributed by atoms with Gasteiger partial charge >= 0.3 is 0 Å². The van der Waals surface area contributed by atoms with E-state index in [0.717, 1.165) is 44.7 Å². The molecule has 0 N–H and O–H groups in total. The zero-order valence-corrected chi connectivity index (χ0v) is 28.6. The summed E-state index contributed by atoms with van der Waals surface area (Å²) < 4.78 is 7.09. The molecule has 0 saturated carbocycles. The molecule has 3 aromatic heterocycles. The first kappa shape index (κ1) is 29.4. The molecule has 0 fully saturated rings. The lowest BCUT2D eigenvalue weighted by Gasteiger charge is -2.15. The Balaban J connectivity index is 1.22. The Morgan fingerprint density at radius 3 is 1.45 bits per heavy atom. The molecule has 0 bridgehead atoms. The molecule has 8 aromatic carbocycles. The Labute approximate surface area is 305 Å². The van der Waals surface area contributed by atoms with Crippen LogP contribution in [0.1, 0.15) is 5.56 Å². The summed E-state index contributed by atoms with van der Waals surface area (Å²) in [5.74, 6) is 0. The zero-order chi connectivity index (χ0) is 35.0. The number of aromatic nitrogens is 3. The molecule has 0 atom stereocenters. The van der Waals surface area contributed by atoms with Crippen LogP contribution >= 0.6 is 0 Å². The lowest BCUT2D eigenvalue weighted by atomic mass is 9.99. The number of hydrogen-bond acceptors (Lipinski definition) is 1. The van der Waals surface area contributed by atoms with Gasteiger partial charge in [0.2, 0.25) is 0 Å². The Kier molecular flexibility index (Phi) is 6.28. The second-order valence-electron chi connectivity index (χ2n) is 13.7. The van der Waals surface area contributed by atoms with Crippen LogP contribution in [0.3, 0.4) is 0 Å². The fourth-order valence-corrected chi connectivity index (χ4v) is 8.66. The molecule has 0 saturated heterocycles. The fraction of sp³-hybridized carbons (Fsp3) is 0. The van der Waals surface area contributed by atoms with Gasteiger partial charge in [0.15, 0.2) is 0 Å². The molecular formula is C49H30N4. The van der Waals surface area contributed by atoms with Crippen molar-refractivity contribution in [3.8, 4) is 34.3 Å². The van der Waals surface area contributed by atoms with Gasteiger partial charge in [-0.2, -0.15) is 5.26 Å². The number of rotatable bonds is 4. The average Bonchev–Trinajstić information content (AvgIpc) is 3.86. The number of nitriles is 1. The van der Waals surface area contributed by atoms with Crippen LogP contribution in [0, 0.1) is 11.3 Å². The van der Waals surface area contributed by atoms with Crippen molar-refractivity contribution < 1.29 is 0 Å². The summed E-state index contributed by atoms with van der Waals surface area (Å²) in [5, 5.41) is 17.4. The topological polar surface area (TPSA) is 38.6 Å². The van der Waals surface area contributed by atoms with E-state index in [1.165, 1.54) is 48.9 Å². The third-order valence-electron chi connectivity index (χ3n) is 10.9. The normalized spacial score (nSPS) is 11.8. The molecule has 4 nitrogen and oxygen atoms in total. The van der Waals surface area contributed by atoms with Gasteiger partial charge < -0.3 is 13.7 Å². The summed E-state index contributed by atoms with van der Waals surface area (Å²) in [6.07, 6.45) is 0. The van der Waals surface area contributed by atoms with Gasteiger partial charge in [0.1, 0.15) is 0 Å². The van der Waals surface area contributed by atoms with Gasteiger partial charge in [-0.3, -0.25) is 0 Å². The molecule has 0 amide bonds. The van der Waals surface area contributed by atoms with Gasteiger partial charge in [-0.1, -0.05) is 103 Å². The van der Waals surface area contributed by atoms with E-state index in [2.05, 4.69) is 196 Å². The van der Waals surface area contributed by atoms with Gasteiger partial charge in [-0.25, -0.2) is 0 Å². The number of fused-ring (bicyclic) bond motifs is 10. The molecular weight excluding hydrogens is 645 g/mol. The van der Waals surface area contributed by atoms with Gasteiger partial charge in [0.05, 0.1) is 50.4 Å². The predicted molar refractivity (Wildman–Crippen MR) is 220 cm³/mol. The molecule has 11 aromatic rings. The average molecular weight is 675 g/mol. The monoisotopic (exact) mass is 674 g/mol. The van der Waals surface area contributed by atoms with Gasteiger partial charge in [0.25, 0.3) is 0 Å². The van der Waals surface area contributed by atoms with Crippen LogP contribution in [0.2, 0.25) is 0 Å². The quantitative estimate of drug-likeness (QED) is 0.183. The Hall–Kier alpha value is -7.35. The largest absolute Gasteiger partial charge is 0.309 e. The standard InChI is InChI=1S/C49H30N4/c50-31-32-23-25-36(33-24-26-44-40(30-33)37-17-7-10-20-41(37)51(44)34-13-3-1-4-14-34)47(29-32)53-43-22-12-9-19-39(43)49-46(53)28-27-45-48(49)38-18-8-11-21-42(38)52(45)35-15-5-2-6-16-35/h1-30H. The van der Waals surface area contributed by atoms with Crippen LogP contribution in [-0.2, 0) is 0 Å². The van der Waals surface area contributed by atoms with Crippen LogP contribution < -0.4 is 0 Å². The third kappa shape index (κ3) is 4.22. The second-order valence-corrected chi connectivity index (χ2v) is 13.7. The van der Waals surface area contributed by atoms with E-state index in [1.807, 2.05) is 6.07 Å². The first-order chi connectivity index (χ1) is 26.3. The summed E-state index contributed by atoms with van der Waals surface area (Å²) in [4.78, 5) is 0. The van der Waals surface area contributed by atoms with Crippen molar-refractivity contribution in [3.05, 3.63) is 188 Å². The molecule has 0 aliphatic rings. The highest BCUT2D eigenvalue weighted by atomic mass is 15.0. The molecule has 0 radical (unpaired) electrons. The minimum Gasteiger partial charge on any atom is -0.309 e. The van der Waals surface area contributed by atoms with Crippen LogP contribution in [0.15, 0.2) is 182 Å². The van der Waals surface area contributed by atoms with E-state index < -0.39 is 0 Å². The van der Waals surface area contributed by atoms with Crippen LogP contribution in [0.4, 0.5) is 0 Å². The highest BCUT2D eigenvalue weighted by Gasteiger charge is 2.22. The number of hydrogen-bond donors (Lipinski definition) is 0. The summed E-state index contributed by atoms with van der Waals surface area (Å²) in [6, 6.07) is 67.1. The van der Waals surface area contributed by atoms with Gasteiger partial charge in [0, 0.05) is 49.3 Å². The van der Waals surface area contributed by atoms with E-state index in [4.69, 9.17) is 0 Å². The van der Waals surface area contributed by atoms with Crippen molar-refractivity contribution in [2.24, 2.45) is 0 Å². The Morgan fingerprint density at radius 2 is 0.830 bits per heavy atom. The number of para-hydroxylation sites is 5. The number of nitrogens with zero attached hydrogens (tertiary/aromatic N) is 4. The van der Waals surface area contributed by atoms with E-state index in [-0.39, 0.29) is 0 Å². The Morgan fingerprint density at radius 1 is 0.358 bits per heavy atom. The first-order valence-electron chi connectivity index (χ1n) is 17.9. The van der Waals surface area contributed by atoms with Crippen LogP contribution in [0.25, 0.3) is 93.6 Å². The minimum absolute atomic E-state index is 0.623. The maximum atomic E-state index is 10.2. The summed E-state index contributed by atoms with van der Waals surface area (Å²) in [7, 11) is 0. The maximum Gasteiger partial charge on any atom is 0.0992 e. The molecule has 53 heavy (non-hydrogen) atoms. The second kappa shape index (κ2) is 11.3. The lowest BCUT2D eigenvalue weighted by molar-refractivity contribution is 1.17. The highest BCUT2D eigenvalue weighted by Crippen LogP contribution is 2.44. The van der Waals surface area contributed by atoms with Crippen molar-refractivity contribution in [1.29, 1.82) is 5.26 Å². The van der Waals surface area contributed by atoms with Crippen molar-refractivity contribution in [2.75, 3.05) is 0 Å². The van der Waals surface area contributed by atoms with Crippen molar-refractivity contribution >= 4 is 65.4 Å². The van der Waals surface area contributed by atoms with Crippen molar-refractivity contribution in [3.63, 3.8) is 0 Å². The number of benzene rings is 8. The lowest BCUT2D eigenvalue weighted by Crippen LogP contribution is -1.99. The summed E-state index contributed by atoms with van der Waals surface area (Å²) in [5.41, 5.74) is 12.9. The summed E-state index contributed by atoms with van der Waals surface area (Å²) >= 11 is 0. The van der Waals surface area contributed by atoms with E-state index in [9.17, 15) is 5.26 Å². The molecule has 0 unspecified atom stereocenters. The maximum absolute atomic E-state index is 10.2. The third-order valence-corrected chi connectivity index (χ3v) is 10.9. The highest BCUT2D eigenvalue weighted by molar-refractivity contribution is 6.29. The fourth-order valence-electron chi connectivity index (χ4n) is 8.66. The molecule has 246 valence electrons. The SMILES string of the molecule is N#Cc1ccc(-c2ccc3c(c2)c2ccccc2n3-c2ccccc2)c(-n2c3ccccc3c3c4c5ccccc5n(-c5ccccc5)c4ccc32)c1. The molecule has 3 heterocycles. The van der Waals surface area contributed by atoms with Crippen LogP contribution in [0.5, 0.6) is 0 Å². The Bertz CT molecular complexity index is 3280. The van der Waals surface area contributed by atoms with Crippen molar-refractivity contribution in [2.45, 2.75) is 0 Å². The van der Waals surface area contributed by atoms with Crippen molar-refractivity contribution in [1.82, 2.24) is 13.7 Å². The van der Waals surface area contributed by atoms with Gasteiger partial charge in [-0.15, -0.1) is 0 Å². The first-order valence-corrected chi connectivity index (χ1v) is 17.9. The van der Waals surface area contributed by atoms with Gasteiger partial charge in [-0.05, 0) is 84.4 Å². The molecule has 0 aliphatic carbocycles. The molecule has 0 aliphatic heterocycles. The summed E-state index contributed by atoms with van der Waals surface area (Å²) in [6.45, 7) is 0. The molecule has 11 rings (SSSR count). The van der Waals surface area contributed by atoms with E-state index >= 15 is 0 Å².